The van der Waals surface area contributed by atoms with E-state index in [0.29, 0.717) is 0 Å². The van der Waals surface area contributed by atoms with Crippen molar-refractivity contribution in [2.75, 3.05) is 0 Å². The van der Waals surface area contributed by atoms with Crippen LogP contribution in [0.3, 0.4) is 0 Å². The minimum Gasteiger partial charge on any atom is -0.493 e. The Morgan fingerprint density at radius 1 is 0.266 bits per heavy atom. The quantitative estimate of drug-likeness (QED) is 0.0358. The van der Waals surface area contributed by atoms with Crippen molar-refractivity contribution in [2.45, 2.75) is 386 Å². The fourth-order valence-corrected chi connectivity index (χ4v) is 14.5. The zero-order valence-electron chi connectivity index (χ0n) is 54.4. The summed E-state index contributed by atoms with van der Waals surface area (Å²) < 4.78 is 1.39. The molecule has 0 atom stereocenters. The molecule has 2 aromatic carbocycles. The fourth-order valence-electron chi connectivity index (χ4n) is 12.5. The van der Waals surface area contributed by atoms with Crippen LogP contribution in [0.25, 0.3) is 16.9 Å². The second-order valence-corrected chi connectivity index (χ2v) is 26.7. The Morgan fingerprint density at radius 2 is 0.456 bits per heavy atom. The van der Waals surface area contributed by atoms with E-state index in [1.54, 1.807) is 9.79 Å². The van der Waals surface area contributed by atoms with Crippen molar-refractivity contribution < 1.29 is 22.7 Å². The molecule has 79 heavy (non-hydrogen) atoms. The van der Waals surface area contributed by atoms with Crippen LogP contribution in [0, 0.1) is 0 Å². The second-order valence-electron chi connectivity index (χ2n) is 24.4. The van der Waals surface area contributed by atoms with Crippen molar-refractivity contribution in [3.05, 3.63) is 86.5 Å². The topological polar surface area (TPSA) is 25.3 Å². The fraction of sp³-hybridized carbons (Fsp3) is 0.789. The molecule has 0 N–H and O–H groups in total. The van der Waals surface area contributed by atoms with Crippen LogP contribution >= 0.6 is 0 Å². The SMILES string of the molecule is CCCCCCCCCCCCCCCCCCCCCCC[CH2][Pd][CH2]CCCCCCCCCCCCCCCCCCCCCCC.CCc1cc(C2=CC=C(c3cc(CC)c(CC)c(CC)c3)[N+]2=[N-])cc(CC)c1CC. The van der Waals surface area contributed by atoms with Gasteiger partial charge in [-0.15, -0.1) is 0 Å². The number of hydrogen-bond acceptors (Lipinski definition) is 0. The summed E-state index contributed by atoms with van der Waals surface area (Å²) >= 11 is 1.06. The number of nitrogens with zero attached hydrogens (tertiary/aromatic N) is 2. The molecule has 0 aliphatic carbocycles. The zero-order valence-corrected chi connectivity index (χ0v) is 56.0. The molecular formula is C76H134N2Pd. The van der Waals surface area contributed by atoms with Crippen LogP contribution in [0.15, 0.2) is 36.4 Å². The molecule has 3 heteroatoms. The van der Waals surface area contributed by atoms with Gasteiger partial charge in [-0.2, -0.15) is 0 Å². The predicted octanol–water partition coefficient (Wildman–Crippen LogP) is 26.6. The molecule has 1 aliphatic rings. The molecule has 2 nitrogen and oxygen atoms in total. The van der Waals surface area contributed by atoms with Gasteiger partial charge in [0.2, 0.25) is 11.4 Å². The summed E-state index contributed by atoms with van der Waals surface area (Å²) in [5.74, 6) is 0. The van der Waals surface area contributed by atoms with Crippen LogP contribution in [0.1, 0.15) is 382 Å². The normalized spacial score (nSPS) is 12.4. The molecule has 2 aromatic rings. The number of allylic oxidation sites excluding steroid dienone is 2. The van der Waals surface area contributed by atoms with E-state index >= 15 is 0 Å². The Kier molecular flexibility index (Phi) is 49.1. The van der Waals surface area contributed by atoms with Crippen LogP contribution in [0.2, 0.25) is 9.79 Å². The van der Waals surface area contributed by atoms with Crippen LogP contribution in [0.4, 0.5) is 0 Å². The second kappa shape index (κ2) is 52.9. The van der Waals surface area contributed by atoms with Crippen molar-refractivity contribution in [3.8, 4) is 0 Å². The van der Waals surface area contributed by atoms with E-state index in [2.05, 4.69) is 91.8 Å². The summed E-state index contributed by atoms with van der Waals surface area (Å²) in [6.07, 6.45) is 75.8. The number of benzene rings is 2. The van der Waals surface area contributed by atoms with Crippen LogP contribution in [-0.2, 0) is 56.5 Å². The number of aryl methyl sites for hydroxylation is 4. The first-order valence-electron chi connectivity index (χ1n) is 35.6. The zero-order chi connectivity index (χ0) is 57.1. The van der Waals surface area contributed by atoms with E-state index in [1.165, 1.54) is 321 Å². The summed E-state index contributed by atoms with van der Waals surface area (Å²) in [6, 6.07) is 9.05. The van der Waals surface area contributed by atoms with Crippen molar-refractivity contribution in [3.63, 3.8) is 0 Å². The minimum atomic E-state index is 0.868. The third kappa shape index (κ3) is 35.2. The Bertz CT molecular complexity index is 1620. The molecule has 0 amide bonds. The molecule has 0 aromatic heterocycles. The van der Waals surface area contributed by atoms with E-state index in [1.807, 2.05) is 0 Å². The summed E-state index contributed by atoms with van der Waals surface area (Å²) in [6.45, 7) is 18.0. The van der Waals surface area contributed by atoms with E-state index in [0.717, 1.165) is 79.0 Å². The van der Waals surface area contributed by atoms with Gasteiger partial charge in [-0.25, -0.2) is 4.70 Å². The molecule has 0 radical (unpaired) electrons. The minimum absolute atomic E-state index is 0.868. The van der Waals surface area contributed by atoms with Gasteiger partial charge < -0.3 is 5.53 Å². The molecule has 458 valence electrons. The Hall–Kier alpha value is -1.82. The third-order valence-electron chi connectivity index (χ3n) is 17.7. The standard InChI is InChI=1S/C28H36N2.2C24H49.Pd/c1-7-19-15-23(16-20(8-2)25(19)11-5)27-13-14-28(30(27)29)24-17-21(9-3)26(12-6)22(10-4)18-24;2*1-3-5-7-9-11-13-15-17-19-21-23-24-22-20-18-16-14-12-10-8-6-4-2;/h13-18H,7-12H2,1-6H3;2*1,3-24H2,2H3;. The van der Waals surface area contributed by atoms with Gasteiger partial charge in [0, 0.05) is 23.3 Å². The summed E-state index contributed by atoms with van der Waals surface area (Å²) in [7, 11) is 0. The Balaban J connectivity index is 0.000000601. The molecule has 0 unspecified atom stereocenters. The molecule has 0 saturated carbocycles. The van der Waals surface area contributed by atoms with E-state index in [4.69, 9.17) is 0 Å². The third-order valence-corrected chi connectivity index (χ3v) is 19.9. The Morgan fingerprint density at radius 3 is 0.633 bits per heavy atom. The number of rotatable bonds is 54. The van der Waals surface area contributed by atoms with E-state index < -0.39 is 0 Å². The van der Waals surface area contributed by atoms with Crippen molar-refractivity contribution >= 4 is 11.4 Å². The summed E-state index contributed by atoms with van der Waals surface area (Å²) in [4.78, 5) is 3.10. The van der Waals surface area contributed by atoms with Crippen molar-refractivity contribution in [1.82, 2.24) is 0 Å². The average molecular weight is 1180 g/mol. The van der Waals surface area contributed by atoms with Gasteiger partial charge in [0.15, 0.2) is 0 Å². The average Bonchev–Trinajstić information content (AvgIpc) is 3.99. The molecule has 0 spiro atoms. The first kappa shape index (κ1) is 73.3. The number of unbranched alkanes of at least 4 members (excludes halogenated alkanes) is 42. The molecule has 0 fully saturated rings. The first-order valence-corrected chi connectivity index (χ1v) is 37.8. The molecule has 0 bridgehead atoms. The van der Waals surface area contributed by atoms with Gasteiger partial charge in [-0.1, -0.05) is 197 Å². The van der Waals surface area contributed by atoms with Gasteiger partial charge in [0.05, 0.1) is 0 Å². The van der Waals surface area contributed by atoms with E-state index in [9.17, 15) is 5.53 Å². The molecule has 1 aliphatic heterocycles. The van der Waals surface area contributed by atoms with Crippen LogP contribution in [-0.4, -0.2) is 4.70 Å². The molecule has 1 heterocycles. The first-order chi connectivity index (χ1) is 38.9. The van der Waals surface area contributed by atoms with Gasteiger partial charge in [-0.05, 0) is 96.2 Å². The van der Waals surface area contributed by atoms with Gasteiger partial charge >= 0.3 is 169 Å². The number of hydrogen-bond donors (Lipinski definition) is 0. The molecule has 0 saturated heterocycles. The molecule has 3 rings (SSSR count). The Labute approximate surface area is 503 Å². The van der Waals surface area contributed by atoms with E-state index in [-0.39, 0.29) is 0 Å². The van der Waals surface area contributed by atoms with Gasteiger partial charge in [0.1, 0.15) is 0 Å². The van der Waals surface area contributed by atoms with Gasteiger partial charge in [-0.3, -0.25) is 0 Å². The predicted molar refractivity (Wildman–Crippen MR) is 353 cm³/mol. The maximum absolute atomic E-state index is 11.2. The maximum atomic E-state index is 11.2. The van der Waals surface area contributed by atoms with Crippen LogP contribution in [0.5, 0.6) is 0 Å². The summed E-state index contributed by atoms with van der Waals surface area (Å²) in [5.41, 5.74) is 23.6. The molecular weight excluding hydrogens is 1050 g/mol. The van der Waals surface area contributed by atoms with Gasteiger partial charge in [0.25, 0.3) is 0 Å². The monoisotopic (exact) mass is 1180 g/mol. The summed E-state index contributed by atoms with van der Waals surface area (Å²) in [5, 5.41) is 0. The van der Waals surface area contributed by atoms with Crippen LogP contribution < -0.4 is 0 Å². The smallest absolute Gasteiger partial charge is 0.493 e. The van der Waals surface area contributed by atoms with Crippen molar-refractivity contribution in [2.24, 2.45) is 0 Å². The van der Waals surface area contributed by atoms with Crippen molar-refractivity contribution in [1.29, 1.82) is 0 Å².